The third-order valence-electron chi connectivity index (χ3n) is 3.05. The van der Waals surface area contributed by atoms with Crippen LogP contribution in [0.4, 0.5) is 0 Å². The summed E-state index contributed by atoms with van der Waals surface area (Å²) >= 11 is 0. The zero-order valence-corrected chi connectivity index (χ0v) is 8.19. The lowest BCUT2D eigenvalue weighted by Crippen LogP contribution is -2.11. The van der Waals surface area contributed by atoms with Crippen molar-refractivity contribution in [3.8, 4) is 0 Å². The Kier molecular flexibility index (Phi) is 2.73. The van der Waals surface area contributed by atoms with Crippen LogP contribution in [0.2, 0.25) is 0 Å². The van der Waals surface area contributed by atoms with Gasteiger partial charge in [-0.15, -0.1) is 0 Å². The van der Waals surface area contributed by atoms with E-state index in [4.69, 9.17) is 0 Å². The highest BCUT2D eigenvalue weighted by atomic mass is 16.3. The van der Waals surface area contributed by atoms with Crippen LogP contribution >= 0.6 is 0 Å². The number of hydrogen-bond acceptors (Lipinski definition) is 2. The predicted octanol–water partition coefficient (Wildman–Crippen LogP) is 2.48. The molecule has 1 saturated carbocycles. The number of hydrogen-bond donors (Lipinski definition) is 2. The van der Waals surface area contributed by atoms with Gasteiger partial charge in [0.1, 0.15) is 11.9 Å². The molecule has 1 atom stereocenters. The van der Waals surface area contributed by atoms with Crippen LogP contribution in [0.3, 0.4) is 0 Å². The van der Waals surface area contributed by atoms with Crippen molar-refractivity contribution >= 4 is 0 Å². The number of allylic oxidation sites excluding steroid dienone is 4. The molecule has 0 aliphatic heterocycles. The van der Waals surface area contributed by atoms with Crippen LogP contribution in [-0.2, 0) is 0 Å². The third kappa shape index (κ3) is 1.75. The smallest absolute Gasteiger partial charge is 0.129 e. The van der Waals surface area contributed by atoms with Gasteiger partial charge in [0.2, 0.25) is 0 Å². The van der Waals surface area contributed by atoms with Crippen LogP contribution in [0.1, 0.15) is 25.7 Å². The monoisotopic (exact) mass is 192 g/mol. The SMILES string of the molecule is OC1=C(C2CCCC2)C=CC=CC1O. The Bertz CT molecular complexity index is 293. The third-order valence-corrected chi connectivity index (χ3v) is 3.05. The van der Waals surface area contributed by atoms with Crippen LogP contribution in [0.15, 0.2) is 35.6 Å². The van der Waals surface area contributed by atoms with E-state index in [1.807, 2.05) is 12.2 Å². The molecule has 0 aromatic rings. The quantitative estimate of drug-likeness (QED) is 0.670. The van der Waals surface area contributed by atoms with Crippen LogP contribution in [-0.4, -0.2) is 16.3 Å². The highest BCUT2D eigenvalue weighted by molar-refractivity contribution is 5.34. The van der Waals surface area contributed by atoms with Crippen LogP contribution < -0.4 is 0 Å². The summed E-state index contributed by atoms with van der Waals surface area (Å²) in [4.78, 5) is 0. The van der Waals surface area contributed by atoms with E-state index in [2.05, 4.69) is 0 Å². The standard InChI is InChI=1S/C12H16O2/c13-11-8-4-3-7-10(12(11)14)9-5-1-2-6-9/h3-4,7-9,11,13-14H,1-2,5-6H2. The molecule has 2 nitrogen and oxygen atoms in total. The van der Waals surface area contributed by atoms with E-state index in [0.717, 1.165) is 18.4 Å². The summed E-state index contributed by atoms with van der Waals surface area (Å²) < 4.78 is 0. The van der Waals surface area contributed by atoms with Gasteiger partial charge in [-0.25, -0.2) is 0 Å². The first-order valence-corrected chi connectivity index (χ1v) is 5.25. The van der Waals surface area contributed by atoms with E-state index in [1.165, 1.54) is 12.8 Å². The summed E-state index contributed by atoms with van der Waals surface area (Å²) in [7, 11) is 0. The number of aliphatic hydroxyl groups is 2. The van der Waals surface area contributed by atoms with Crippen LogP contribution in [0, 0.1) is 5.92 Å². The van der Waals surface area contributed by atoms with Gasteiger partial charge < -0.3 is 10.2 Å². The molecular weight excluding hydrogens is 176 g/mol. The summed E-state index contributed by atoms with van der Waals surface area (Å²) in [6.07, 6.45) is 11.1. The molecule has 0 radical (unpaired) electrons. The first kappa shape index (κ1) is 9.53. The highest BCUT2D eigenvalue weighted by Crippen LogP contribution is 2.34. The number of rotatable bonds is 1. The van der Waals surface area contributed by atoms with Gasteiger partial charge in [-0.05, 0) is 30.4 Å². The van der Waals surface area contributed by atoms with Gasteiger partial charge in [-0.2, -0.15) is 0 Å². The molecule has 0 aromatic carbocycles. The first-order valence-electron chi connectivity index (χ1n) is 5.25. The molecule has 1 unspecified atom stereocenters. The highest BCUT2D eigenvalue weighted by Gasteiger charge is 2.23. The van der Waals surface area contributed by atoms with Crippen molar-refractivity contribution in [3.05, 3.63) is 35.6 Å². The molecular formula is C12H16O2. The Morgan fingerprint density at radius 2 is 1.86 bits per heavy atom. The summed E-state index contributed by atoms with van der Waals surface area (Å²) in [5.74, 6) is 0.586. The van der Waals surface area contributed by atoms with Crippen LogP contribution in [0.25, 0.3) is 0 Å². The second-order valence-electron chi connectivity index (χ2n) is 4.01. The van der Waals surface area contributed by atoms with Gasteiger partial charge in [-0.1, -0.05) is 31.1 Å². The summed E-state index contributed by atoms with van der Waals surface area (Å²) in [5, 5.41) is 19.4. The van der Waals surface area contributed by atoms with Crippen molar-refractivity contribution in [1.29, 1.82) is 0 Å². The zero-order valence-electron chi connectivity index (χ0n) is 8.19. The first-order chi connectivity index (χ1) is 6.79. The number of aliphatic hydroxyl groups excluding tert-OH is 2. The minimum atomic E-state index is -0.819. The molecule has 2 rings (SSSR count). The van der Waals surface area contributed by atoms with Crippen molar-refractivity contribution < 1.29 is 10.2 Å². The lowest BCUT2D eigenvalue weighted by atomic mass is 9.95. The lowest BCUT2D eigenvalue weighted by molar-refractivity contribution is 0.188. The predicted molar refractivity (Wildman–Crippen MR) is 55.9 cm³/mol. The maximum absolute atomic E-state index is 9.80. The van der Waals surface area contributed by atoms with E-state index in [0.29, 0.717) is 5.92 Å². The molecule has 1 fully saturated rings. The van der Waals surface area contributed by atoms with Crippen molar-refractivity contribution in [2.45, 2.75) is 31.8 Å². The fourth-order valence-corrected chi connectivity index (χ4v) is 2.26. The Morgan fingerprint density at radius 3 is 2.57 bits per heavy atom. The van der Waals surface area contributed by atoms with E-state index in [1.54, 1.807) is 12.2 Å². The lowest BCUT2D eigenvalue weighted by Gasteiger charge is -2.14. The molecule has 0 amide bonds. The molecule has 0 aromatic heterocycles. The van der Waals surface area contributed by atoms with Crippen LogP contribution in [0.5, 0.6) is 0 Å². The second-order valence-corrected chi connectivity index (χ2v) is 4.01. The second kappa shape index (κ2) is 4.01. The molecule has 2 aliphatic rings. The van der Waals surface area contributed by atoms with E-state index in [-0.39, 0.29) is 5.76 Å². The van der Waals surface area contributed by atoms with E-state index in [9.17, 15) is 10.2 Å². The summed E-state index contributed by atoms with van der Waals surface area (Å²) in [6.45, 7) is 0. The molecule has 0 heterocycles. The van der Waals surface area contributed by atoms with E-state index >= 15 is 0 Å². The topological polar surface area (TPSA) is 40.5 Å². The Morgan fingerprint density at radius 1 is 1.14 bits per heavy atom. The maximum Gasteiger partial charge on any atom is 0.129 e. The van der Waals surface area contributed by atoms with Crippen molar-refractivity contribution in [2.24, 2.45) is 5.92 Å². The zero-order chi connectivity index (χ0) is 9.97. The summed E-state index contributed by atoms with van der Waals surface area (Å²) in [5.41, 5.74) is 0.931. The Labute approximate surface area is 84.3 Å². The van der Waals surface area contributed by atoms with Gasteiger partial charge >= 0.3 is 0 Å². The minimum absolute atomic E-state index is 0.141. The average Bonchev–Trinajstić information content (AvgIpc) is 2.64. The summed E-state index contributed by atoms with van der Waals surface area (Å²) in [6, 6.07) is 0. The molecule has 14 heavy (non-hydrogen) atoms. The fourth-order valence-electron chi connectivity index (χ4n) is 2.26. The average molecular weight is 192 g/mol. The molecule has 2 aliphatic carbocycles. The molecule has 0 saturated heterocycles. The van der Waals surface area contributed by atoms with Crippen molar-refractivity contribution in [2.75, 3.05) is 0 Å². The van der Waals surface area contributed by atoms with Gasteiger partial charge in [0.15, 0.2) is 0 Å². The van der Waals surface area contributed by atoms with Crippen molar-refractivity contribution in [1.82, 2.24) is 0 Å². The van der Waals surface area contributed by atoms with Gasteiger partial charge in [0.25, 0.3) is 0 Å². The molecule has 2 N–H and O–H groups in total. The van der Waals surface area contributed by atoms with Crippen molar-refractivity contribution in [3.63, 3.8) is 0 Å². The van der Waals surface area contributed by atoms with Gasteiger partial charge in [0, 0.05) is 0 Å². The molecule has 2 heteroatoms. The molecule has 0 bridgehead atoms. The van der Waals surface area contributed by atoms with Gasteiger partial charge in [-0.3, -0.25) is 0 Å². The Balaban J connectivity index is 2.26. The Hall–Kier alpha value is -1.02. The molecule has 76 valence electrons. The molecule has 0 spiro atoms. The fraction of sp³-hybridized carbons (Fsp3) is 0.500. The van der Waals surface area contributed by atoms with E-state index < -0.39 is 6.10 Å². The van der Waals surface area contributed by atoms with Gasteiger partial charge in [0.05, 0.1) is 0 Å². The minimum Gasteiger partial charge on any atom is -0.509 e. The largest absolute Gasteiger partial charge is 0.509 e. The normalized spacial score (nSPS) is 28.5. The maximum atomic E-state index is 9.80.